The predicted octanol–water partition coefficient (Wildman–Crippen LogP) is 4.83. The molecule has 110 valence electrons. The summed E-state index contributed by atoms with van der Waals surface area (Å²) in [5.74, 6) is -2.80. The summed E-state index contributed by atoms with van der Waals surface area (Å²) >= 11 is 3.40. The van der Waals surface area contributed by atoms with Crippen LogP contribution in [-0.4, -0.2) is 11.8 Å². The molecule has 1 aliphatic rings. The molecule has 1 aromatic rings. The van der Waals surface area contributed by atoms with E-state index in [0.717, 1.165) is 21.3 Å². The molecule has 5 heteroatoms. The molecule has 2 rings (SSSR count). The van der Waals surface area contributed by atoms with E-state index in [2.05, 4.69) is 21.2 Å². The molecule has 1 fully saturated rings. The molecule has 0 atom stereocenters. The maximum absolute atomic E-state index is 12.9. The molecule has 0 unspecified atom stereocenters. The first-order chi connectivity index (χ1) is 9.10. The Morgan fingerprint density at radius 2 is 1.80 bits per heavy atom. The van der Waals surface area contributed by atoms with E-state index in [1.54, 1.807) is 6.92 Å². The van der Waals surface area contributed by atoms with E-state index in [1.165, 1.54) is 0 Å². The normalized spacial score (nSPS) is 19.3. The van der Waals surface area contributed by atoms with Gasteiger partial charge in [0.05, 0.1) is 0 Å². The number of amides is 1. The minimum absolute atomic E-state index is 0.136. The van der Waals surface area contributed by atoms with Crippen LogP contribution in [0.3, 0.4) is 0 Å². The topological polar surface area (TPSA) is 29.1 Å². The minimum Gasteiger partial charge on any atom is -0.326 e. The maximum atomic E-state index is 12.9. The third-order valence-corrected chi connectivity index (χ3v) is 4.18. The van der Waals surface area contributed by atoms with E-state index >= 15 is 0 Å². The van der Waals surface area contributed by atoms with E-state index in [4.69, 9.17) is 0 Å². The van der Waals surface area contributed by atoms with Crippen molar-refractivity contribution in [3.05, 3.63) is 27.7 Å². The van der Waals surface area contributed by atoms with Gasteiger partial charge in [0, 0.05) is 29.4 Å². The summed E-state index contributed by atoms with van der Waals surface area (Å²) in [4.78, 5) is 12.1. The monoisotopic (exact) mass is 345 g/mol. The number of hydrogen-bond donors (Lipinski definition) is 1. The van der Waals surface area contributed by atoms with Gasteiger partial charge in [-0.25, -0.2) is 8.78 Å². The van der Waals surface area contributed by atoms with E-state index < -0.39 is 11.3 Å². The second-order valence-electron chi connectivity index (χ2n) is 6.16. The van der Waals surface area contributed by atoms with Gasteiger partial charge < -0.3 is 5.32 Å². The van der Waals surface area contributed by atoms with Crippen molar-refractivity contribution in [1.29, 1.82) is 0 Å². The molecule has 0 spiro atoms. The third kappa shape index (κ3) is 3.37. The average molecular weight is 346 g/mol. The zero-order chi connectivity index (χ0) is 15.1. The summed E-state index contributed by atoms with van der Waals surface area (Å²) in [5.41, 5.74) is 2.10. The van der Waals surface area contributed by atoms with Crippen molar-refractivity contribution in [2.75, 3.05) is 5.32 Å². The summed E-state index contributed by atoms with van der Waals surface area (Å²) in [5, 5.41) is 2.85. The van der Waals surface area contributed by atoms with E-state index in [0.29, 0.717) is 0 Å². The van der Waals surface area contributed by atoms with Gasteiger partial charge in [-0.1, -0.05) is 22.9 Å². The molecule has 0 aromatic heterocycles. The fourth-order valence-corrected chi connectivity index (χ4v) is 3.69. The number of alkyl halides is 2. The number of hydrogen-bond acceptors (Lipinski definition) is 1. The van der Waals surface area contributed by atoms with Crippen LogP contribution in [-0.2, 0) is 4.79 Å². The average Bonchev–Trinajstić information content (AvgIpc) is 2.19. The highest BCUT2D eigenvalue weighted by atomic mass is 79.9. The van der Waals surface area contributed by atoms with Crippen molar-refractivity contribution < 1.29 is 13.6 Å². The molecule has 0 bridgehead atoms. The molecule has 1 N–H and O–H groups in total. The van der Waals surface area contributed by atoms with Crippen molar-refractivity contribution in [2.45, 2.75) is 46.0 Å². The molecule has 1 aromatic carbocycles. The van der Waals surface area contributed by atoms with Gasteiger partial charge in [-0.3, -0.25) is 4.79 Å². The van der Waals surface area contributed by atoms with Crippen LogP contribution in [0.2, 0.25) is 0 Å². The van der Waals surface area contributed by atoms with Crippen molar-refractivity contribution in [2.24, 2.45) is 5.41 Å². The number of halogens is 3. The second-order valence-corrected chi connectivity index (χ2v) is 7.08. The number of benzene rings is 1. The van der Waals surface area contributed by atoms with Gasteiger partial charge in [0.1, 0.15) is 0 Å². The lowest BCUT2D eigenvalue weighted by atomic mass is 9.65. The van der Waals surface area contributed by atoms with Crippen LogP contribution in [0.15, 0.2) is 16.6 Å². The van der Waals surface area contributed by atoms with E-state index in [9.17, 15) is 13.6 Å². The SMILES string of the molecule is Cc1cc(Br)cc(C)c1NC(=O)CC1(C)CC(F)(F)C1. The Bertz CT molecular complexity index is 526. The van der Waals surface area contributed by atoms with Gasteiger partial charge in [0.2, 0.25) is 11.8 Å². The van der Waals surface area contributed by atoms with Crippen molar-refractivity contribution in [3.63, 3.8) is 0 Å². The van der Waals surface area contributed by atoms with Gasteiger partial charge in [0.15, 0.2) is 0 Å². The van der Waals surface area contributed by atoms with Crippen molar-refractivity contribution in [1.82, 2.24) is 0 Å². The molecule has 0 heterocycles. The largest absolute Gasteiger partial charge is 0.326 e. The second kappa shape index (κ2) is 5.10. The minimum atomic E-state index is -2.60. The highest BCUT2D eigenvalue weighted by Crippen LogP contribution is 2.53. The smallest absolute Gasteiger partial charge is 0.249 e. The predicted molar refractivity (Wildman–Crippen MR) is 79.2 cm³/mol. The van der Waals surface area contributed by atoms with E-state index in [-0.39, 0.29) is 25.2 Å². The van der Waals surface area contributed by atoms with Gasteiger partial charge in [-0.2, -0.15) is 0 Å². The molecule has 0 saturated heterocycles. The van der Waals surface area contributed by atoms with Crippen LogP contribution in [0.4, 0.5) is 14.5 Å². The van der Waals surface area contributed by atoms with E-state index in [1.807, 2.05) is 26.0 Å². The Hall–Kier alpha value is -0.970. The lowest BCUT2D eigenvalue weighted by Gasteiger charge is -2.44. The highest BCUT2D eigenvalue weighted by Gasteiger charge is 2.54. The lowest BCUT2D eigenvalue weighted by molar-refractivity contribution is -0.160. The highest BCUT2D eigenvalue weighted by molar-refractivity contribution is 9.10. The Balaban J connectivity index is 2.03. The summed E-state index contributed by atoms with van der Waals surface area (Å²) in [6.07, 6.45) is -0.269. The van der Waals surface area contributed by atoms with Gasteiger partial charge in [-0.15, -0.1) is 0 Å². The summed E-state index contributed by atoms with van der Waals surface area (Å²) in [7, 11) is 0. The quantitative estimate of drug-likeness (QED) is 0.835. The number of carbonyl (C=O) groups excluding carboxylic acids is 1. The molecule has 1 saturated carbocycles. The first-order valence-electron chi connectivity index (χ1n) is 6.55. The van der Waals surface area contributed by atoms with Crippen molar-refractivity contribution >= 4 is 27.5 Å². The molecule has 20 heavy (non-hydrogen) atoms. The van der Waals surface area contributed by atoms with Crippen LogP contribution in [0, 0.1) is 19.3 Å². The molecule has 0 radical (unpaired) electrons. The van der Waals surface area contributed by atoms with Gasteiger partial charge >= 0.3 is 0 Å². The number of aryl methyl sites for hydroxylation is 2. The fraction of sp³-hybridized carbons (Fsp3) is 0.533. The zero-order valence-corrected chi connectivity index (χ0v) is 13.4. The standard InChI is InChI=1S/C15H18BrF2NO/c1-9-4-11(16)5-10(2)13(9)19-12(20)6-14(3)7-15(17,18)8-14/h4-5H,6-8H2,1-3H3,(H,19,20). The fourth-order valence-electron chi connectivity index (χ4n) is 3.00. The number of anilines is 1. The lowest BCUT2D eigenvalue weighted by Crippen LogP contribution is -2.45. The van der Waals surface area contributed by atoms with Crippen LogP contribution in [0.1, 0.15) is 37.3 Å². The van der Waals surface area contributed by atoms with Gasteiger partial charge in [0.25, 0.3) is 0 Å². The van der Waals surface area contributed by atoms with Crippen LogP contribution in [0.5, 0.6) is 0 Å². The number of rotatable bonds is 3. The first kappa shape index (κ1) is 15.4. The van der Waals surface area contributed by atoms with Crippen LogP contribution >= 0.6 is 15.9 Å². The third-order valence-electron chi connectivity index (χ3n) is 3.72. The Labute approximate surface area is 126 Å². The molecule has 1 aliphatic carbocycles. The van der Waals surface area contributed by atoms with Gasteiger partial charge in [-0.05, 0) is 42.5 Å². The number of nitrogens with one attached hydrogen (secondary N) is 1. The van der Waals surface area contributed by atoms with Crippen LogP contribution in [0.25, 0.3) is 0 Å². The summed E-state index contributed by atoms with van der Waals surface area (Å²) < 4.78 is 26.8. The molecule has 2 nitrogen and oxygen atoms in total. The Morgan fingerprint density at radius 3 is 2.25 bits per heavy atom. The molecule has 1 amide bonds. The first-order valence-corrected chi connectivity index (χ1v) is 7.34. The molecular formula is C15H18BrF2NO. The van der Waals surface area contributed by atoms with Crippen LogP contribution < -0.4 is 5.32 Å². The maximum Gasteiger partial charge on any atom is 0.249 e. The van der Waals surface area contributed by atoms with Crippen molar-refractivity contribution in [3.8, 4) is 0 Å². The zero-order valence-electron chi connectivity index (χ0n) is 11.8. The molecule has 0 aliphatic heterocycles. The number of carbonyl (C=O) groups is 1. The summed E-state index contributed by atoms with van der Waals surface area (Å²) in [6, 6.07) is 3.84. The Kier molecular flexibility index (Phi) is 3.93. The summed E-state index contributed by atoms with van der Waals surface area (Å²) in [6.45, 7) is 5.56. The Morgan fingerprint density at radius 1 is 1.30 bits per heavy atom. The molecular weight excluding hydrogens is 328 g/mol.